The zero-order chi connectivity index (χ0) is 33.0. The van der Waals surface area contributed by atoms with Gasteiger partial charge in [-0.3, -0.25) is 4.90 Å². The largest absolute Gasteiger partial charge is 0.465 e. The van der Waals surface area contributed by atoms with Crippen LogP contribution in [0.2, 0.25) is 25.7 Å². The van der Waals surface area contributed by atoms with Crippen molar-refractivity contribution >= 4 is 43.0 Å². The van der Waals surface area contributed by atoms with Crippen LogP contribution < -0.4 is 25.5 Å². The highest BCUT2D eigenvalue weighted by molar-refractivity contribution is 6.76. The maximum atomic E-state index is 12.3. The van der Waals surface area contributed by atoms with Crippen molar-refractivity contribution in [3.05, 3.63) is 40.2 Å². The number of fused-ring (bicyclic) bond motifs is 2. The van der Waals surface area contributed by atoms with Gasteiger partial charge in [-0.2, -0.15) is 15.1 Å². The van der Waals surface area contributed by atoms with Crippen molar-refractivity contribution in [3.63, 3.8) is 0 Å². The van der Waals surface area contributed by atoms with Crippen molar-refractivity contribution < 1.29 is 19.4 Å². The number of anilines is 1. The van der Waals surface area contributed by atoms with E-state index < -0.39 is 20.2 Å². The second kappa shape index (κ2) is 14.7. The molecule has 1 amide bonds. The Morgan fingerprint density at radius 3 is 2.72 bits per heavy atom. The summed E-state index contributed by atoms with van der Waals surface area (Å²) in [5.41, 5.74) is 3.89. The summed E-state index contributed by atoms with van der Waals surface area (Å²) in [7, 11) is -1.17. The number of aryl methyl sites for hydroxylation is 1. The lowest BCUT2D eigenvalue weighted by Gasteiger charge is -2.34. The van der Waals surface area contributed by atoms with Crippen molar-refractivity contribution in [2.75, 3.05) is 63.9 Å². The van der Waals surface area contributed by atoms with Crippen LogP contribution in [0.5, 0.6) is 6.01 Å². The third kappa shape index (κ3) is 7.96. The smallest absolute Gasteiger partial charge is 0.407 e. The van der Waals surface area contributed by atoms with E-state index in [9.17, 15) is 9.90 Å². The molecule has 1 unspecified atom stereocenters. The molecule has 12 nitrogen and oxygen atoms in total. The molecule has 47 heavy (non-hydrogen) atoms. The molecular weight excluding hydrogens is 613 g/mol. The fourth-order valence-electron chi connectivity index (χ4n) is 6.73. The number of piperidine rings is 1. The Balaban J connectivity index is 1.30. The van der Waals surface area contributed by atoms with Crippen molar-refractivity contribution in [1.82, 2.24) is 34.9 Å². The highest BCUT2D eigenvalue weighted by atomic mass is 28.3. The second-order valence-corrected chi connectivity index (χ2v) is 19.8. The minimum absolute atomic E-state index is 0.290. The van der Waals surface area contributed by atoms with Crippen LogP contribution in [0.1, 0.15) is 43.0 Å². The summed E-state index contributed by atoms with van der Waals surface area (Å²) >= 11 is 0. The van der Waals surface area contributed by atoms with Gasteiger partial charge in [0.2, 0.25) is 0 Å². The van der Waals surface area contributed by atoms with Gasteiger partial charge >= 0.3 is 12.1 Å². The van der Waals surface area contributed by atoms with Crippen LogP contribution in [0, 0.1) is 6.92 Å². The van der Waals surface area contributed by atoms with Crippen LogP contribution in [0.15, 0.2) is 18.3 Å². The lowest BCUT2D eigenvalue weighted by atomic mass is 10.0. The van der Waals surface area contributed by atoms with Gasteiger partial charge in [0.15, 0.2) is 0 Å². The third-order valence-corrected chi connectivity index (χ3v) is 11.1. The molecule has 3 aliphatic heterocycles. The summed E-state index contributed by atoms with van der Waals surface area (Å²) in [6.07, 6.45) is 9.86. The average molecular weight is 663 g/mol. The van der Waals surface area contributed by atoms with Gasteiger partial charge in [-0.15, -0.1) is 0 Å². The number of hydrogen-bond donors (Lipinski definition) is 2. The fourth-order valence-corrected chi connectivity index (χ4v) is 7.49. The molecule has 0 aliphatic carbocycles. The molecule has 3 aromatic rings. The van der Waals surface area contributed by atoms with Crippen molar-refractivity contribution in [2.24, 2.45) is 0 Å². The van der Waals surface area contributed by atoms with E-state index in [2.05, 4.69) is 59.9 Å². The van der Waals surface area contributed by atoms with Crippen LogP contribution >= 0.6 is 0 Å². The topological polar surface area (TPSA) is 121 Å². The lowest BCUT2D eigenvalue weighted by Crippen LogP contribution is -2.52. The van der Waals surface area contributed by atoms with E-state index in [1.807, 2.05) is 17.1 Å². The fraction of sp³-hybridized carbons (Fsp3) is 0.588. The molecule has 254 valence electrons. The van der Waals surface area contributed by atoms with Gasteiger partial charge < -0.3 is 29.7 Å². The van der Waals surface area contributed by atoms with Gasteiger partial charge in [0.05, 0.1) is 41.1 Å². The van der Waals surface area contributed by atoms with E-state index in [-0.39, 0.29) is 6.01 Å². The molecule has 0 bridgehead atoms. The number of benzene rings is 1. The van der Waals surface area contributed by atoms with E-state index in [0.29, 0.717) is 45.2 Å². The van der Waals surface area contributed by atoms with E-state index in [1.165, 1.54) is 24.2 Å². The third-order valence-electron chi connectivity index (χ3n) is 9.35. The Kier molecular flexibility index (Phi) is 10.4. The number of nitrogens with zero attached hydrogens (tertiary/aromatic N) is 7. The number of likely N-dealkylation sites (tertiary alicyclic amines) is 1. The molecule has 3 aliphatic rings. The van der Waals surface area contributed by atoms with Crippen LogP contribution in [-0.2, 0) is 11.5 Å². The molecule has 2 N–H and O–H groups in total. The minimum Gasteiger partial charge on any atom is -0.465 e. The van der Waals surface area contributed by atoms with E-state index >= 15 is 0 Å². The Morgan fingerprint density at radius 2 is 1.94 bits per heavy atom. The molecule has 5 heterocycles. The van der Waals surface area contributed by atoms with Gasteiger partial charge in [0.1, 0.15) is 6.73 Å². The molecule has 0 spiro atoms. The normalized spacial score (nSPS) is 18.9. The van der Waals surface area contributed by atoms with E-state index in [4.69, 9.17) is 24.5 Å². The monoisotopic (exact) mass is 662 g/mol. The zero-order valence-electron chi connectivity index (χ0n) is 28.4. The van der Waals surface area contributed by atoms with Gasteiger partial charge in [-0.25, -0.2) is 9.48 Å². The Hall–Kier alpha value is -3.52. The first-order valence-corrected chi connectivity index (χ1v) is 20.8. The second-order valence-electron chi connectivity index (χ2n) is 14.1. The molecule has 1 aromatic carbocycles. The van der Waals surface area contributed by atoms with Crippen LogP contribution in [0.4, 0.5) is 10.5 Å². The quantitative estimate of drug-likeness (QED) is 0.221. The summed E-state index contributed by atoms with van der Waals surface area (Å²) < 4.78 is 14.1. The number of aromatic nitrogens is 4. The molecule has 13 heteroatoms. The molecule has 6 rings (SSSR count). The van der Waals surface area contributed by atoms with Crippen LogP contribution in [0.25, 0.3) is 23.2 Å². The maximum Gasteiger partial charge on any atom is 0.407 e. The van der Waals surface area contributed by atoms with E-state index in [1.54, 1.807) is 0 Å². The maximum absolute atomic E-state index is 12.3. The molecular formula is C34H50N8O4Si. The summed E-state index contributed by atoms with van der Waals surface area (Å²) in [4.78, 5) is 28.2. The number of piperazine rings is 1. The van der Waals surface area contributed by atoms with Crippen molar-refractivity contribution in [3.8, 4) is 6.01 Å². The number of carboxylic acid groups (broad SMARTS) is 1. The first-order valence-electron chi connectivity index (χ1n) is 17.1. The Bertz CT molecular complexity index is 1680. The number of carbonyl (C=O) groups is 1. The van der Waals surface area contributed by atoms with Gasteiger partial charge in [0.25, 0.3) is 0 Å². The summed E-state index contributed by atoms with van der Waals surface area (Å²) in [5, 5.41) is 20.7. The number of amides is 1. The van der Waals surface area contributed by atoms with Crippen LogP contribution in [-0.4, -0.2) is 108 Å². The van der Waals surface area contributed by atoms with E-state index in [0.717, 1.165) is 71.4 Å². The van der Waals surface area contributed by atoms with Crippen molar-refractivity contribution in [1.29, 1.82) is 0 Å². The predicted octanol–water partition coefficient (Wildman–Crippen LogP) is 3.36. The highest BCUT2D eigenvalue weighted by Crippen LogP contribution is 2.31. The number of ether oxygens (including phenoxy) is 2. The minimum atomic E-state index is -1.17. The molecule has 2 fully saturated rings. The molecule has 0 radical (unpaired) electrons. The highest BCUT2D eigenvalue weighted by Gasteiger charge is 2.31. The summed E-state index contributed by atoms with van der Waals surface area (Å²) in [6.45, 7) is 16.2. The molecule has 1 atom stereocenters. The summed E-state index contributed by atoms with van der Waals surface area (Å²) in [6, 6.07) is 5.20. The van der Waals surface area contributed by atoms with Gasteiger partial charge in [-0.1, -0.05) is 38.2 Å². The Morgan fingerprint density at radius 1 is 1.11 bits per heavy atom. The SMILES string of the molecule is Cc1ccc2c(cnn2COCC[Si](C)(C)C)c1N1C=c2nc(OCCCN3CCCCC3)nc(C3CNCCN3C(=O)O)c2=CC1. The number of nitrogens with one attached hydrogen (secondary N) is 1. The lowest BCUT2D eigenvalue weighted by molar-refractivity contribution is 0.0817. The molecule has 0 saturated carbocycles. The van der Waals surface area contributed by atoms with Gasteiger partial charge in [0, 0.05) is 64.2 Å². The first kappa shape index (κ1) is 33.4. The molecule has 2 aromatic heterocycles. The van der Waals surface area contributed by atoms with Crippen LogP contribution in [0.3, 0.4) is 0 Å². The average Bonchev–Trinajstić information content (AvgIpc) is 3.47. The number of rotatable bonds is 12. The standard InChI is InChI=1S/C34H50N8O4Si/c1-25-9-10-29-27(21-36-42(29)24-45-19-20-47(2,3)4)32(25)40-16-11-26-28(23-40)37-33(46-18-8-15-39-13-6-5-7-14-39)38-31(26)30-22-35-12-17-41(30)34(43)44/h9-11,21,23,30,35H,5-8,12-20,22,24H2,1-4H3,(H,43,44). The van der Waals surface area contributed by atoms with Crippen molar-refractivity contribution in [2.45, 2.75) is 71.1 Å². The predicted molar refractivity (Wildman–Crippen MR) is 187 cm³/mol. The summed E-state index contributed by atoms with van der Waals surface area (Å²) in [5.74, 6) is 0. The number of hydrogen-bond acceptors (Lipinski definition) is 9. The first-order chi connectivity index (χ1) is 22.7. The Labute approximate surface area is 278 Å². The molecule has 2 saturated heterocycles. The zero-order valence-corrected chi connectivity index (χ0v) is 29.4. The van der Waals surface area contributed by atoms with Gasteiger partial charge in [-0.05, 0) is 56.9 Å².